The lowest BCUT2D eigenvalue weighted by atomic mass is 9.82. The zero-order chi connectivity index (χ0) is 14.5. The van der Waals surface area contributed by atoms with Crippen LogP contribution in [0.5, 0.6) is 0 Å². The molecule has 0 bridgehead atoms. The number of hydrogen-bond acceptors (Lipinski definition) is 2. The summed E-state index contributed by atoms with van der Waals surface area (Å²) in [5.74, 6) is 0. The van der Waals surface area contributed by atoms with Gasteiger partial charge in [0.1, 0.15) is 0 Å². The number of halogens is 1. The standard InChI is InChI=1S/C16H26BrNO/c1-6-19-15(16(2,3)4)14(18-5)11-12-7-9-13(17)10-8-12/h7-10,14-15,18H,6,11H2,1-5H3. The first-order chi connectivity index (χ1) is 8.88. The second kappa shape index (κ2) is 7.41. The number of hydrogen-bond donors (Lipinski definition) is 1. The minimum atomic E-state index is 0.124. The summed E-state index contributed by atoms with van der Waals surface area (Å²) in [4.78, 5) is 0. The molecule has 0 aliphatic rings. The Labute approximate surface area is 126 Å². The molecule has 0 aliphatic carbocycles. The topological polar surface area (TPSA) is 21.3 Å². The predicted molar refractivity (Wildman–Crippen MR) is 85.6 cm³/mol. The van der Waals surface area contributed by atoms with Crippen LogP contribution in [0, 0.1) is 5.41 Å². The lowest BCUT2D eigenvalue weighted by Crippen LogP contribution is -2.48. The number of rotatable bonds is 6. The molecule has 2 atom stereocenters. The molecular weight excluding hydrogens is 302 g/mol. The Morgan fingerprint density at radius 3 is 2.21 bits per heavy atom. The van der Waals surface area contributed by atoms with Crippen LogP contribution in [0.4, 0.5) is 0 Å². The molecule has 3 heteroatoms. The van der Waals surface area contributed by atoms with Crippen LogP contribution in [-0.4, -0.2) is 25.8 Å². The third kappa shape index (κ3) is 5.25. The summed E-state index contributed by atoms with van der Waals surface area (Å²) in [6, 6.07) is 8.84. The number of ether oxygens (including phenoxy) is 1. The Kier molecular flexibility index (Phi) is 6.51. The monoisotopic (exact) mass is 327 g/mol. The van der Waals surface area contributed by atoms with Crippen molar-refractivity contribution in [2.24, 2.45) is 5.41 Å². The fourth-order valence-electron chi connectivity index (χ4n) is 2.38. The Morgan fingerprint density at radius 2 is 1.79 bits per heavy atom. The van der Waals surface area contributed by atoms with E-state index < -0.39 is 0 Å². The maximum Gasteiger partial charge on any atom is 0.0779 e. The number of nitrogens with one attached hydrogen (secondary N) is 1. The average Bonchev–Trinajstić information content (AvgIpc) is 2.34. The van der Waals surface area contributed by atoms with Crippen LogP contribution >= 0.6 is 15.9 Å². The van der Waals surface area contributed by atoms with E-state index in [0.717, 1.165) is 17.5 Å². The molecule has 0 aliphatic heterocycles. The van der Waals surface area contributed by atoms with E-state index >= 15 is 0 Å². The van der Waals surface area contributed by atoms with Crippen molar-refractivity contribution in [2.75, 3.05) is 13.7 Å². The highest BCUT2D eigenvalue weighted by atomic mass is 79.9. The molecule has 19 heavy (non-hydrogen) atoms. The minimum absolute atomic E-state index is 0.124. The van der Waals surface area contributed by atoms with Crippen LogP contribution < -0.4 is 5.32 Å². The molecule has 2 unspecified atom stereocenters. The van der Waals surface area contributed by atoms with Crippen molar-refractivity contribution in [1.82, 2.24) is 5.32 Å². The summed E-state index contributed by atoms with van der Waals surface area (Å²) in [5.41, 5.74) is 1.45. The molecule has 1 N–H and O–H groups in total. The van der Waals surface area contributed by atoms with Gasteiger partial charge in [-0.05, 0) is 43.5 Å². The molecule has 2 nitrogen and oxygen atoms in total. The van der Waals surface area contributed by atoms with Crippen molar-refractivity contribution in [2.45, 2.75) is 46.3 Å². The molecule has 0 saturated heterocycles. The van der Waals surface area contributed by atoms with Crippen LogP contribution in [0.25, 0.3) is 0 Å². The van der Waals surface area contributed by atoms with E-state index in [1.165, 1.54) is 5.56 Å². The molecule has 0 amide bonds. The molecule has 0 saturated carbocycles. The molecule has 108 valence electrons. The molecule has 0 fully saturated rings. The Balaban J connectivity index is 2.82. The quantitative estimate of drug-likeness (QED) is 0.851. The summed E-state index contributed by atoms with van der Waals surface area (Å²) in [6.07, 6.45) is 1.18. The highest BCUT2D eigenvalue weighted by molar-refractivity contribution is 9.10. The average molecular weight is 328 g/mol. The van der Waals surface area contributed by atoms with Gasteiger partial charge in [0.2, 0.25) is 0 Å². The summed E-state index contributed by atoms with van der Waals surface area (Å²) in [5, 5.41) is 3.42. The van der Waals surface area contributed by atoms with Crippen LogP contribution in [0.15, 0.2) is 28.7 Å². The van der Waals surface area contributed by atoms with E-state index in [2.05, 4.69) is 73.2 Å². The summed E-state index contributed by atoms with van der Waals surface area (Å²) < 4.78 is 7.10. The molecule has 0 radical (unpaired) electrons. The first kappa shape index (κ1) is 16.7. The first-order valence-electron chi connectivity index (χ1n) is 6.91. The van der Waals surface area contributed by atoms with E-state index in [0.29, 0.717) is 6.04 Å². The Bertz CT molecular complexity index is 369. The SMILES string of the molecule is CCOC(C(Cc1ccc(Br)cc1)NC)C(C)(C)C. The molecule has 0 heterocycles. The lowest BCUT2D eigenvalue weighted by molar-refractivity contribution is -0.0340. The van der Waals surface area contributed by atoms with Gasteiger partial charge in [-0.2, -0.15) is 0 Å². The fraction of sp³-hybridized carbons (Fsp3) is 0.625. The summed E-state index contributed by atoms with van der Waals surface area (Å²) in [7, 11) is 2.02. The second-order valence-corrected chi connectivity index (χ2v) is 6.88. The van der Waals surface area contributed by atoms with Crippen LogP contribution in [0.1, 0.15) is 33.3 Å². The van der Waals surface area contributed by atoms with Gasteiger partial charge in [0, 0.05) is 17.1 Å². The normalized spacial score (nSPS) is 15.3. The van der Waals surface area contributed by atoms with Gasteiger partial charge in [0.15, 0.2) is 0 Å². The van der Waals surface area contributed by atoms with Crippen molar-refractivity contribution in [3.05, 3.63) is 34.3 Å². The fourth-order valence-corrected chi connectivity index (χ4v) is 2.65. The Morgan fingerprint density at radius 1 is 1.21 bits per heavy atom. The van der Waals surface area contributed by atoms with Gasteiger partial charge in [0.25, 0.3) is 0 Å². The third-order valence-corrected chi connectivity index (χ3v) is 3.83. The summed E-state index contributed by atoms with van der Waals surface area (Å²) >= 11 is 3.47. The van der Waals surface area contributed by atoms with Gasteiger partial charge in [0.05, 0.1) is 6.10 Å². The van der Waals surface area contributed by atoms with Gasteiger partial charge in [-0.1, -0.05) is 48.8 Å². The van der Waals surface area contributed by atoms with Crippen molar-refractivity contribution >= 4 is 15.9 Å². The summed E-state index contributed by atoms with van der Waals surface area (Å²) in [6.45, 7) is 9.52. The van der Waals surface area contributed by atoms with Gasteiger partial charge >= 0.3 is 0 Å². The maximum absolute atomic E-state index is 5.98. The highest BCUT2D eigenvalue weighted by Gasteiger charge is 2.32. The van der Waals surface area contributed by atoms with E-state index in [1.54, 1.807) is 0 Å². The number of benzene rings is 1. The molecular formula is C16H26BrNO. The van der Waals surface area contributed by atoms with E-state index in [1.807, 2.05) is 7.05 Å². The van der Waals surface area contributed by atoms with Crippen LogP contribution in [-0.2, 0) is 11.2 Å². The molecule has 1 rings (SSSR count). The van der Waals surface area contributed by atoms with E-state index in [9.17, 15) is 0 Å². The molecule has 0 spiro atoms. The molecule has 0 aromatic heterocycles. The molecule has 1 aromatic carbocycles. The maximum atomic E-state index is 5.98. The van der Waals surface area contributed by atoms with Crippen LogP contribution in [0.2, 0.25) is 0 Å². The van der Waals surface area contributed by atoms with E-state index in [-0.39, 0.29) is 11.5 Å². The van der Waals surface area contributed by atoms with Crippen molar-refractivity contribution in [1.29, 1.82) is 0 Å². The van der Waals surface area contributed by atoms with Gasteiger partial charge in [-0.3, -0.25) is 0 Å². The van der Waals surface area contributed by atoms with Crippen LogP contribution in [0.3, 0.4) is 0 Å². The third-order valence-electron chi connectivity index (χ3n) is 3.30. The van der Waals surface area contributed by atoms with Crippen molar-refractivity contribution < 1.29 is 4.74 Å². The smallest absolute Gasteiger partial charge is 0.0779 e. The largest absolute Gasteiger partial charge is 0.376 e. The van der Waals surface area contributed by atoms with Gasteiger partial charge in [-0.15, -0.1) is 0 Å². The van der Waals surface area contributed by atoms with Crippen molar-refractivity contribution in [3.63, 3.8) is 0 Å². The van der Waals surface area contributed by atoms with E-state index in [4.69, 9.17) is 4.74 Å². The lowest BCUT2D eigenvalue weighted by Gasteiger charge is -2.36. The number of likely N-dealkylation sites (N-methyl/N-ethyl adjacent to an activating group) is 1. The Hall–Kier alpha value is -0.380. The first-order valence-corrected chi connectivity index (χ1v) is 7.71. The zero-order valence-corrected chi connectivity index (χ0v) is 14.3. The van der Waals surface area contributed by atoms with Crippen molar-refractivity contribution in [3.8, 4) is 0 Å². The predicted octanol–water partition coefficient (Wildman–Crippen LogP) is 4.03. The minimum Gasteiger partial charge on any atom is -0.376 e. The molecule has 1 aromatic rings. The zero-order valence-electron chi connectivity index (χ0n) is 12.7. The van der Waals surface area contributed by atoms with Gasteiger partial charge < -0.3 is 10.1 Å². The highest BCUT2D eigenvalue weighted by Crippen LogP contribution is 2.27. The second-order valence-electron chi connectivity index (χ2n) is 5.97. The van der Waals surface area contributed by atoms with Gasteiger partial charge in [-0.25, -0.2) is 0 Å².